The van der Waals surface area contributed by atoms with Gasteiger partial charge in [0.05, 0.1) is 9.95 Å². The Morgan fingerprint density at radius 3 is 2.46 bits per heavy atom. The lowest BCUT2D eigenvalue weighted by molar-refractivity contribution is -0.385. The molecular formula is C14H7ClF3NO5. The van der Waals surface area contributed by atoms with E-state index in [0.29, 0.717) is 6.07 Å². The Labute approximate surface area is 137 Å². The molecule has 0 heterocycles. The first-order chi connectivity index (χ1) is 11.2. The average molecular weight is 362 g/mol. The van der Waals surface area contributed by atoms with Crippen LogP contribution in [-0.4, -0.2) is 16.0 Å². The van der Waals surface area contributed by atoms with Crippen LogP contribution in [0, 0.1) is 15.9 Å². The van der Waals surface area contributed by atoms with E-state index in [1.807, 2.05) is 0 Å². The summed E-state index contributed by atoms with van der Waals surface area (Å²) in [7, 11) is 0. The second-order valence-electron chi connectivity index (χ2n) is 4.46. The van der Waals surface area contributed by atoms with Gasteiger partial charge >= 0.3 is 5.97 Å². The molecule has 0 saturated carbocycles. The zero-order chi connectivity index (χ0) is 18.0. The standard InChI is InChI=1S/C14H7ClF3NO5/c15-9-3-6(13(17)18)4-10(16)12(9)24-7-1-2-11(19(22)23)8(5-7)14(20)21/h1-5,13H,(H,20,21). The molecule has 0 aliphatic carbocycles. The first kappa shape index (κ1) is 17.5. The third-order valence-electron chi connectivity index (χ3n) is 2.89. The molecule has 0 amide bonds. The summed E-state index contributed by atoms with van der Waals surface area (Å²) in [6, 6.07) is 4.01. The van der Waals surface area contributed by atoms with Crippen LogP contribution < -0.4 is 4.74 Å². The van der Waals surface area contributed by atoms with E-state index in [0.717, 1.165) is 24.3 Å². The van der Waals surface area contributed by atoms with Gasteiger partial charge in [-0.05, 0) is 18.2 Å². The molecule has 0 fully saturated rings. The SMILES string of the molecule is O=C(O)c1cc(Oc2c(F)cc(C(F)F)cc2Cl)ccc1[N+](=O)[O-]. The summed E-state index contributed by atoms with van der Waals surface area (Å²) in [6.45, 7) is 0. The van der Waals surface area contributed by atoms with Gasteiger partial charge in [0.1, 0.15) is 11.3 Å². The maximum Gasteiger partial charge on any atom is 0.342 e. The summed E-state index contributed by atoms with van der Waals surface area (Å²) >= 11 is 5.69. The summed E-state index contributed by atoms with van der Waals surface area (Å²) in [4.78, 5) is 20.9. The zero-order valence-electron chi connectivity index (χ0n) is 11.5. The van der Waals surface area contributed by atoms with Gasteiger partial charge < -0.3 is 9.84 Å². The van der Waals surface area contributed by atoms with Gasteiger partial charge in [-0.1, -0.05) is 11.6 Å². The third-order valence-corrected chi connectivity index (χ3v) is 3.17. The van der Waals surface area contributed by atoms with E-state index in [1.165, 1.54) is 0 Å². The Hall–Kier alpha value is -2.81. The summed E-state index contributed by atoms with van der Waals surface area (Å²) in [5.41, 5.74) is -2.02. The summed E-state index contributed by atoms with van der Waals surface area (Å²) in [6.07, 6.45) is -2.94. The van der Waals surface area contributed by atoms with Crippen LogP contribution in [0.3, 0.4) is 0 Å². The van der Waals surface area contributed by atoms with Crippen molar-refractivity contribution in [3.63, 3.8) is 0 Å². The van der Waals surface area contributed by atoms with E-state index in [9.17, 15) is 28.1 Å². The van der Waals surface area contributed by atoms with Crippen LogP contribution in [0.5, 0.6) is 11.5 Å². The number of nitro groups is 1. The second-order valence-corrected chi connectivity index (χ2v) is 4.86. The Morgan fingerprint density at radius 1 is 1.29 bits per heavy atom. The minimum absolute atomic E-state index is 0.261. The molecule has 0 saturated heterocycles. The number of carbonyl (C=O) groups is 1. The first-order valence-corrected chi connectivity index (χ1v) is 6.55. The van der Waals surface area contributed by atoms with Gasteiger partial charge in [-0.25, -0.2) is 18.0 Å². The number of hydrogen-bond donors (Lipinski definition) is 1. The van der Waals surface area contributed by atoms with Crippen LogP contribution in [-0.2, 0) is 0 Å². The number of carboxylic acids is 1. The van der Waals surface area contributed by atoms with Gasteiger partial charge in [-0.15, -0.1) is 0 Å². The highest BCUT2D eigenvalue weighted by atomic mass is 35.5. The molecule has 0 aliphatic heterocycles. The van der Waals surface area contributed by atoms with E-state index in [2.05, 4.69) is 0 Å². The molecule has 2 aromatic carbocycles. The van der Waals surface area contributed by atoms with E-state index >= 15 is 0 Å². The van der Waals surface area contributed by atoms with Crippen molar-refractivity contribution in [2.75, 3.05) is 0 Å². The molecular weight excluding hydrogens is 355 g/mol. The predicted octanol–water partition coefficient (Wildman–Crippen LogP) is 4.82. The van der Waals surface area contributed by atoms with Crippen molar-refractivity contribution < 1.29 is 32.7 Å². The van der Waals surface area contributed by atoms with Crippen molar-refractivity contribution in [1.29, 1.82) is 0 Å². The summed E-state index contributed by atoms with van der Waals surface area (Å²) in [5, 5.41) is 19.3. The number of benzene rings is 2. The monoisotopic (exact) mass is 361 g/mol. The number of hydrogen-bond acceptors (Lipinski definition) is 4. The molecule has 0 aliphatic rings. The van der Waals surface area contributed by atoms with E-state index in [4.69, 9.17) is 21.4 Å². The fraction of sp³-hybridized carbons (Fsp3) is 0.0714. The van der Waals surface area contributed by atoms with Crippen molar-refractivity contribution in [3.05, 3.63) is 62.4 Å². The molecule has 24 heavy (non-hydrogen) atoms. The molecule has 0 aromatic heterocycles. The number of rotatable bonds is 5. The van der Waals surface area contributed by atoms with Crippen LogP contribution in [0.2, 0.25) is 5.02 Å². The van der Waals surface area contributed by atoms with Gasteiger partial charge in [-0.3, -0.25) is 10.1 Å². The Kier molecular flexibility index (Phi) is 4.93. The number of ether oxygens (including phenoxy) is 1. The molecule has 10 heteroatoms. The van der Waals surface area contributed by atoms with Crippen molar-refractivity contribution in [3.8, 4) is 11.5 Å². The van der Waals surface area contributed by atoms with Crippen LogP contribution in [0.1, 0.15) is 22.3 Å². The van der Waals surface area contributed by atoms with Crippen LogP contribution in [0.25, 0.3) is 0 Å². The summed E-state index contributed by atoms with van der Waals surface area (Å²) < 4.78 is 44.0. The Bertz CT molecular complexity index is 805. The highest BCUT2D eigenvalue weighted by Gasteiger charge is 2.22. The van der Waals surface area contributed by atoms with Gasteiger partial charge in [0.25, 0.3) is 12.1 Å². The number of nitrogens with zero attached hydrogens (tertiary/aromatic N) is 1. The zero-order valence-corrected chi connectivity index (χ0v) is 12.3. The lowest BCUT2D eigenvalue weighted by atomic mass is 10.1. The van der Waals surface area contributed by atoms with Crippen molar-refractivity contribution in [2.45, 2.75) is 6.43 Å². The maximum atomic E-state index is 13.9. The molecule has 2 aromatic rings. The number of aromatic carboxylic acids is 1. The van der Waals surface area contributed by atoms with E-state index in [-0.39, 0.29) is 5.75 Å². The molecule has 0 spiro atoms. The predicted molar refractivity (Wildman–Crippen MR) is 76.5 cm³/mol. The normalized spacial score (nSPS) is 10.7. The highest BCUT2D eigenvalue weighted by molar-refractivity contribution is 6.32. The fourth-order valence-electron chi connectivity index (χ4n) is 1.83. The minimum Gasteiger partial charge on any atom is -0.477 e. The molecule has 1 N–H and O–H groups in total. The molecule has 6 nitrogen and oxygen atoms in total. The molecule has 0 radical (unpaired) electrons. The third kappa shape index (κ3) is 3.57. The Morgan fingerprint density at radius 2 is 1.96 bits per heavy atom. The van der Waals surface area contributed by atoms with Gasteiger partial charge in [0, 0.05) is 17.7 Å². The molecule has 0 bridgehead atoms. The lowest BCUT2D eigenvalue weighted by Crippen LogP contribution is -2.03. The van der Waals surface area contributed by atoms with Crippen LogP contribution in [0.15, 0.2) is 30.3 Å². The smallest absolute Gasteiger partial charge is 0.342 e. The highest BCUT2D eigenvalue weighted by Crippen LogP contribution is 2.36. The maximum absolute atomic E-state index is 13.9. The minimum atomic E-state index is -2.94. The number of nitro benzene ring substituents is 1. The van der Waals surface area contributed by atoms with Crippen molar-refractivity contribution >= 4 is 23.3 Å². The van der Waals surface area contributed by atoms with Gasteiger partial charge in [0.15, 0.2) is 11.6 Å². The van der Waals surface area contributed by atoms with Crippen molar-refractivity contribution in [2.24, 2.45) is 0 Å². The molecule has 2 rings (SSSR count). The molecule has 126 valence electrons. The van der Waals surface area contributed by atoms with Crippen LogP contribution in [0.4, 0.5) is 18.9 Å². The number of carboxylic acid groups (broad SMARTS) is 1. The van der Waals surface area contributed by atoms with Crippen LogP contribution >= 0.6 is 11.6 Å². The number of halogens is 4. The van der Waals surface area contributed by atoms with Gasteiger partial charge in [-0.2, -0.15) is 0 Å². The first-order valence-electron chi connectivity index (χ1n) is 6.17. The molecule has 0 unspecified atom stereocenters. The Balaban J connectivity index is 2.44. The lowest BCUT2D eigenvalue weighted by Gasteiger charge is -2.11. The quantitative estimate of drug-likeness (QED) is 0.609. The fourth-order valence-corrected chi connectivity index (χ4v) is 2.08. The van der Waals surface area contributed by atoms with E-state index in [1.54, 1.807) is 0 Å². The largest absolute Gasteiger partial charge is 0.477 e. The average Bonchev–Trinajstić information content (AvgIpc) is 2.50. The van der Waals surface area contributed by atoms with Crippen molar-refractivity contribution in [1.82, 2.24) is 0 Å². The topological polar surface area (TPSA) is 89.7 Å². The summed E-state index contributed by atoms with van der Waals surface area (Å²) in [5.74, 6) is -3.64. The van der Waals surface area contributed by atoms with E-state index < -0.39 is 50.7 Å². The van der Waals surface area contributed by atoms with Gasteiger partial charge in [0.2, 0.25) is 0 Å². The molecule has 0 atom stereocenters. The number of alkyl halides is 2. The second kappa shape index (κ2) is 6.75.